The van der Waals surface area contributed by atoms with Crippen LogP contribution in [0.15, 0.2) is 17.2 Å². The molecule has 1 saturated carbocycles. The number of amides is 1. The number of carbonyl (C=O) groups excluding carboxylic acids is 1. The van der Waals surface area contributed by atoms with E-state index in [1.165, 1.54) is 12.3 Å². The monoisotopic (exact) mass is 318 g/mol. The molecular weight excluding hydrogens is 300 g/mol. The van der Waals surface area contributed by atoms with Crippen LogP contribution in [0.1, 0.15) is 37.7 Å². The molecule has 0 radical (unpaired) electrons. The van der Waals surface area contributed by atoms with Gasteiger partial charge in [0.05, 0.1) is 0 Å². The van der Waals surface area contributed by atoms with Crippen LogP contribution < -0.4 is 5.32 Å². The molecule has 1 fully saturated rings. The van der Waals surface area contributed by atoms with Crippen molar-refractivity contribution in [2.45, 2.75) is 38.6 Å². The van der Waals surface area contributed by atoms with Gasteiger partial charge in [-0.2, -0.15) is 0 Å². The van der Waals surface area contributed by atoms with Crippen LogP contribution in [0, 0.1) is 11.3 Å². The molecule has 1 atom stereocenters. The molecule has 1 heterocycles. The van der Waals surface area contributed by atoms with Crippen molar-refractivity contribution in [2.24, 2.45) is 11.3 Å². The SMILES string of the molecule is CCn1cc(S(=O)(=O)Cl)cc1C(=O)NCC1CC1(C)C. The van der Waals surface area contributed by atoms with Gasteiger partial charge in [0.2, 0.25) is 0 Å². The lowest BCUT2D eigenvalue weighted by Crippen LogP contribution is -2.28. The molecule has 5 nitrogen and oxygen atoms in total. The van der Waals surface area contributed by atoms with E-state index in [0.717, 1.165) is 6.42 Å². The average Bonchev–Trinajstić information content (AvgIpc) is 2.77. The summed E-state index contributed by atoms with van der Waals surface area (Å²) in [5.74, 6) is 0.230. The minimum atomic E-state index is -3.81. The smallest absolute Gasteiger partial charge is 0.267 e. The van der Waals surface area contributed by atoms with E-state index >= 15 is 0 Å². The Balaban J connectivity index is 2.11. The molecule has 1 N–H and O–H groups in total. The molecule has 112 valence electrons. The fourth-order valence-electron chi connectivity index (χ4n) is 2.30. The lowest BCUT2D eigenvalue weighted by Gasteiger charge is -2.08. The Kier molecular flexibility index (Phi) is 3.90. The largest absolute Gasteiger partial charge is 0.350 e. The van der Waals surface area contributed by atoms with E-state index in [1.54, 1.807) is 4.57 Å². The van der Waals surface area contributed by atoms with Gasteiger partial charge in [-0.1, -0.05) is 13.8 Å². The summed E-state index contributed by atoms with van der Waals surface area (Å²) in [6, 6.07) is 1.32. The summed E-state index contributed by atoms with van der Waals surface area (Å²) in [6.45, 7) is 7.28. The first-order chi connectivity index (χ1) is 9.15. The van der Waals surface area contributed by atoms with Gasteiger partial charge in [-0.15, -0.1) is 0 Å². The normalized spacial score (nSPS) is 20.7. The first-order valence-corrected chi connectivity index (χ1v) is 8.89. The van der Waals surface area contributed by atoms with Gasteiger partial charge in [-0.25, -0.2) is 8.42 Å². The number of hydrogen-bond donors (Lipinski definition) is 1. The highest BCUT2D eigenvalue weighted by atomic mass is 35.7. The van der Waals surface area contributed by atoms with Crippen LogP contribution in [0.3, 0.4) is 0 Å². The van der Waals surface area contributed by atoms with Gasteiger partial charge in [-0.3, -0.25) is 4.79 Å². The van der Waals surface area contributed by atoms with E-state index in [-0.39, 0.29) is 10.8 Å². The zero-order valence-electron chi connectivity index (χ0n) is 11.8. The molecule has 1 unspecified atom stereocenters. The van der Waals surface area contributed by atoms with Gasteiger partial charge in [0.25, 0.3) is 15.0 Å². The molecule has 1 aliphatic carbocycles. The maximum absolute atomic E-state index is 12.1. The van der Waals surface area contributed by atoms with Crippen LogP contribution in [0.4, 0.5) is 0 Å². The summed E-state index contributed by atoms with van der Waals surface area (Å²) >= 11 is 0. The minimum absolute atomic E-state index is 0.0436. The molecule has 0 spiro atoms. The second-order valence-electron chi connectivity index (χ2n) is 5.88. The van der Waals surface area contributed by atoms with Crippen LogP contribution in [0.25, 0.3) is 0 Å². The predicted molar refractivity (Wildman–Crippen MR) is 77.4 cm³/mol. The zero-order chi connectivity index (χ0) is 15.1. The second kappa shape index (κ2) is 5.07. The number of aryl methyl sites for hydroxylation is 1. The van der Waals surface area contributed by atoms with Crippen molar-refractivity contribution in [3.05, 3.63) is 18.0 Å². The third-order valence-electron chi connectivity index (χ3n) is 3.95. The topological polar surface area (TPSA) is 68.2 Å². The highest BCUT2D eigenvalue weighted by Gasteiger charge is 2.45. The molecule has 7 heteroatoms. The predicted octanol–water partition coefficient (Wildman–Crippen LogP) is 2.21. The Morgan fingerprint density at radius 3 is 2.60 bits per heavy atom. The van der Waals surface area contributed by atoms with E-state index < -0.39 is 9.05 Å². The number of halogens is 1. The molecule has 1 aromatic rings. The highest BCUT2D eigenvalue weighted by Crippen LogP contribution is 2.50. The summed E-state index contributed by atoms with van der Waals surface area (Å²) in [5, 5.41) is 2.86. The minimum Gasteiger partial charge on any atom is -0.350 e. The third kappa shape index (κ3) is 3.17. The molecule has 2 rings (SSSR count). The summed E-state index contributed by atoms with van der Waals surface area (Å²) in [7, 11) is 1.49. The summed E-state index contributed by atoms with van der Waals surface area (Å²) in [6.07, 6.45) is 2.49. The van der Waals surface area contributed by atoms with Gasteiger partial charge >= 0.3 is 0 Å². The first kappa shape index (κ1) is 15.4. The molecule has 0 aliphatic heterocycles. The van der Waals surface area contributed by atoms with Crippen LogP contribution in [-0.2, 0) is 15.6 Å². The van der Waals surface area contributed by atoms with E-state index in [4.69, 9.17) is 10.7 Å². The molecular formula is C13H19ClN2O3S. The fraction of sp³-hybridized carbons (Fsp3) is 0.615. The zero-order valence-corrected chi connectivity index (χ0v) is 13.4. The van der Waals surface area contributed by atoms with Crippen LogP contribution >= 0.6 is 10.7 Å². The van der Waals surface area contributed by atoms with Crippen molar-refractivity contribution in [3.63, 3.8) is 0 Å². The molecule has 0 aromatic carbocycles. The number of aromatic nitrogens is 1. The summed E-state index contributed by atoms with van der Waals surface area (Å²) in [5.41, 5.74) is 0.621. The van der Waals surface area contributed by atoms with E-state index in [2.05, 4.69) is 19.2 Å². The van der Waals surface area contributed by atoms with Crippen molar-refractivity contribution in [1.29, 1.82) is 0 Å². The van der Waals surface area contributed by atoms with E-state index in [0.29, 0.717) is 30.1 Å². The Labute approximate surface area is 123 Å². The van der Waals surface area contributed by atoms with Gasteiger partial charge < -0.3 is 9.88 Å². The third-order valence-corrected chi connectivity index (χ3v) is 5.27. The quantitative estimate of drug-likeness (QED) is 0.846. The number of nitrogens with one attached hydrogen (secondary N) is 1. The Morgan fingerprint density at radius 2 is 2.15 bits per heavy atom. The molecule has 0 bridgehead atoms. The number of hydrogen-bond acceptors (Lipinski definition) is 3. The molecule has 1 aliphatic rings. The molecule has 1 amide bonds. The lowest BCUT2D eigenvalue weighted by atomic mass is 10.1. The van der Waals surface area contributed by atoms with Gasteiger partial charge in [-0.05, 0) is 30.7 Å². The van der Waals surface area contributed by atoms with Crippen LogP contribution in [0.2, 0.25) is 0 Å². The highest BCUT2D eigenvalue weighted by molar-refractivity contribution is 8.13. The summed E-state index contributed by atoms with van der Waals surface area (Å²) in [4.78, 5) is 12.1. The Hall–Kier alpha value is -1.01. The Bertz CT molecular complexity index is 634. The molecule has 0 saturated heterocycles. The maximum atomic E-state index is 12.1. The molecule has 20 heavy (non-hydrogen) atoms. The van der Waals surface area contributed by atoms with Crippen molar-refractivity contribution in [3.8, 4) is 0 Å². The Morgan fingerprint density at radius 1 is 1.55 bits per heavy atom. The van der Waals surface area contributed by atoms with E-state index in [1.807, 2.05) is 6.92 Å². The number of rotatable bonds is 5. The van der Waals surface area contributed by atoms with E-state index in [9.17, 15) is 13.2 Å². The van der Waals surface area contributed by atoms with Crippen LogP contribution in [0.5, 0.6) is 0 Å². The standard InChI is InChI=1S/C13H19ClN2O3S/c1-4-16-8-10(20(14,18)19)5-11(16)12(17)15-7-9-6-13(9,2)3/h5,8-9H,4,6-7H2,1-3H3,(H,15,17). The first-order valence-electron chi connectivity index (χ1n) is 6.58. The maximum Gasteiger partial charge on any atom is 0.267 e. The average molecular weight is 319 g/mol. The van der Waals surface area contributed by atoms with Gasteiger partial charge in [0, 0.05) is 30.0 Å². The van der Waals surface area contributed by atoms with Gasteiger partial charge in [0.15, 0.2) is 0 Å². The van der Waals surface area contributed by atoms with Crippen molar-refractivity contribution in [2.75, 3.05) is 6.54 Å². The number of nitrogens with zero attached hydrogens (tertiary/aromatic N) is 1. The number of carbonyl (C=O) groups is 1. The van der Waals surface area contributed by atoms with Crippen molar-refractivity contribution in [1.82, 2.24) is 9.88 Å². The molecule has 1 aromatic heterocycles. The van der Waals surface area contributed by atoms with Crippen LogP contribution in [-0.4, -0.2) is 25.4 Å². The van der Waals surface area contributed by atoms with Gasteiger partial charge in [0.1, 0.15) is 10.6 Å². The second-order valence-corrected chi connectivity index (χ2v) is 8.45. The van der Waals surface area contributed by atoms with Crippen molar-refractivity contribution < 1.29 is 13.2 Å². The summed E-state index contributed by atoms with van der Waals surface area (Å²) < 4.78 is 24.2. The van der Waals surface area contributed by atoms with Crippen molar-refractivity contribution >= 4 is 25.6 Å². The lowest BCUT2D eigenvalue weighted by molar-refractivity contribution is 0.0941. The fourth-order valence-corrected chi connectivity index (χ4v) is 3.06.